The highest BCUT2D eigenvalue weighted by molar-refractivity contribution is 5.77. The van der Waals surface area contributed by atoms with Gasteiger partial charge in [-0.15, -0.1) is 0 Å². The van der Waals surface area contributed by atoms with Gasteiger partial charge in [0.2, 0.25) is 0 Å². The summed E-state index contributed by atoms with van der Waals surface area (Å²) in [4.78, 5) is 27.2. The first-order valence-corrected chi connectivity index (χ1v) is 7.52. The third-order valence-electron chi connectivity index (χ3n) is 4.38. The zero-order valence-electron chi connectivity index (χ0n) is 11.8. The number of likely N-dealkylation sites (tertiary alicyclic amines) is 2. The molecule has 0 spiro atoms. The minimum absolute atomic E-state index is 0.0471. The molecular weight excluding hydrogens is 260 g/mol. The second-order valence-electron chi connectivity index (χ2n) is 5.76. The van der Waals surface area contributed by atoms with Gasteiger partial charge in [0.25, 0.3) is 0 Å². The fourth-order valence-corrected chi connectivity index (χ4v) is 3.24. The van der Waals surface area contributed by atoms with Gasteiger partial charge in [0.15, 0.2) is 0 Å². The zero-order chi connectivity index (χ0) is 14.5. The van der Waals surface area contributed by atoms with E-state index in [-0.39, 0.29) is 18.7 Å². The van der Waals surface area contributed by atoms with Crippen molar-refractivity contribution in [2.24, 2.45) is 5.92 Å². The summed E-state index contributed by atoms with van der Waals surface area (Å²) in [7, 11) is 0. The standard InChI is InChI=1S/C14H24N2O4/c17-9-6-12-5-1-2-8-16(12)14(20)15-7-3-4-11(10-15)13(18)19/h11-12,17H,1-10H2,(H,18,19)/t11-,12?/m0/s1. The number of rotatable bonds is 3. The minimum Gasteiger partial charge on any atom is -0.481 e. The lowest BCUT2D eigenvalue weighted by Crippen LogP contribution is -2.53. The second-order valence-corrected chi connectivity index (χ2v) is 5.76. The van der Waals surface area contributed by atoms with Crippen molar-refractivity contribution in [2.75, 3.05) is 26.2 Å². The molecule has 2 atom stereocenters. The highest BCUT2D eigenvalue weighted by Gasteiger charge is 2.33. The number of aliphatic hydroxyl groups excluding tert-OH is 1. The first-order chi connectivity index (χ1) is 9.63. The van der Waals surface area contributed by atoms with Gasteiger partial charge in [-0.2, -0.15) is 0 Å². The van der Waals surface area contributed by atoms with E-state index in [1.54, 1.807) is 4.90 Å². The SMILES string of the molecule is O=C(O)[C@H]1CCCN(C(=O)N2CCCCC2CCO)C1. The number of carboxylic acid groups (broad SMARTS) is 1. The normalized spacial score (nSPS) is 27.4. The van der Waals surface area contributed by atoms with Crippen LogP contribution in [0.3, 0.4) is 0 Å². The Kier molecular flexibility index (Phi) is 5.23. The van der Waals surface area contributed by atoms with E-state index < -0.39 is 11.9 Å². The number of urea groups is 1. The first-order valence-electron chi connectivity index (χ1n) is 7.52. The molecule has 0 bridgehead atoms. The maximum atomic E-state index is 12.6. The number of aliphatic hydroxyl groups is 1. The molecule has 0 aliphatic carbocycles. The lowest BCUT2D eigenvalue weighted by molar-refractivity contribution is -0.143. The van der Waals surface area contributed by atoms with Crippen LogP contribution in [0.25, 0.3) is 0 Å². The Labute approximate surface area is 119 Å². The Morgan fingerprint density at radius 2 is 1.90 bits per heavy atom. The summed E-state index contributed by atoms with van der Waals surface area (Å²) in [5.41, 5.74) is 0. The third-order valence-corrected chi connectivity index (χ3v) is 4.38. The molecule has 2 rings (SSSR count). The van der Waals surface area contributed by atoms with Crippen LogP contribution in [0.5, 0.6) is 0 Å². The van der Waals surface area contributed by atoms with Gasteiger partial charge in [-0.1, -0.05) is 0 Å². The Balaban J connectivity index is 1.99. The highest BCUT2D eigenvalue weighted by Crippen LogP contribution is 2.24. The highest BCUT2D eigenvalue weighted by atomic mass is 16.4. The van der Waals surface area contributed by atoms with Gasteiger partial charge >= 0.3 is 12.0 Å². The predicted octanol–water partition coefficient (Wildman–Crippen LogP) is 1.14. The van der Waals surface area contributed by atoms with Crippen LogP contribution in [0.2, 0.25) is 0 Å². The van der Waals surface area contributed by atoms with Crippen molar-refractivity contribution in [2.45, 2.75) is 44.6 Å². The topological polar surface area (TPSA) is 81.1 Å². The van der Waals surface area contributed by atoms with E-state index in [0.717, 1.165) is 32.2 Å². The Morgan fingerprint density at radius 3 is 2.60 bits per heavy atom. The van der Waals surface area contributed by atoms with Crippen LogP contribution < -0.4 is 0 Å². The molecular formula is C14H24N2O4. The number of hydrogen-bond acceptors (Lipinski definition) is 3. The second kappa shape index (κ2) is 6.92. The summed E-state index contributed by atoms with van der Waals surface area (Å²) in [5, 5.41) is 18.2. The summed E-state index contributed by atoms with van der Waals surface area (Å²) >= 11 is 0. The molecule has 6 nitrogen and oxygen atoms in total. The van der Waals surface area contributed by atoms with E-state index in [2.05, 4.69) is 0 Å². The summed E-state index contributed by atoms with van der Waals surface area (Å²) in [6.07, 6.45) is 5.03. The van der Waals surface area contributed by atoms with Crippen molar-refractivity contribution in [1.82, 2.24) is 9.80 Å². The molecule has 20 heavy (non-hydrogen) atoms. The molecule has 2 aliphatic heterocycles. The molecule has 114 valence electrons. The van der Waals surface area contributed by atoms with Crippen molar-refractivity contribution >= 4 is 12.0 Å². The van der Waals surface area contributed by atoms with Crippen LogP contribution in [-0.4, -0.2) is 64.3 Å². The molecule has 2 saturated heterocycles. The van der Waals surface area contributed by atoms with E-state index in [9.17, 15) is 9.59 Å². The molecule has 0 aromatic carbocycles. The molecule has 2 amide bonds. The van der Waals surface area contributed by atoms with Crippen molar-refractivity contribution in [3.63, 3.8) is 0 Å². The van der Waals surface area contributed by atoms with Crippen molar-refractivity contribution in [3.05, 3.63) is 0 Å². The van der Waals surface area contributed by atoms with E-state index >= 15 is 0 Å². The third kappa shape index (κ3) is 3.42. The summed E-state index contributed by atoms with van der Waals surface area (Å²) in [6, 6.07) is 0.0561. The first kappa shape index (κ1) is 15.1. The predicted molar refractivity (Wildman–Crippen MR) is 73.4 cm³/mol. The van der Waals surface area contributed by atoms with Crippen LogP contribution in [0.4, 0.5) is 4.79 Å². The molecule has 0 saturated carbocycles. The molecule has 0 aromatic rings. The van der Waals surface area contributed by atoms with Gasteiger partial charge < -0.3 is 20.0 Å². The number of hydrogen-bond donors (Lipinski definition) is 2. The van der Waals surface area contributed by atoms with Gasteiger partial charge in [0.1, 0.15) is 0 Å². The smallest absolute Gasteiger partial charge is 0.320 e. The monoisotopic (exact) mass is 284 g/mol. The van der Waals surface area contributed by atoms with Gasteiger partial charge in [-0.3, -0.25) is 4.79 Å². The van der Waals surface area contributed by atoms with E-state index in [1.807, 2.05) is 4.90 Å². The summed E-state index contributed by atoms with van der Waals surface area (Å²) in [6.45, 7) is 1.77. The number of amides is 2. The number of carboxylic acids is 1. The quantitative estimate of drug-likeness (QED) is 0.814. The Morgan fingerprint density at radius 1 is 1.10 bits per heavy atom. The number of carbonyl (C=O) groups excluding carboxylic acids is 1. The van der Waals surface area contributed by atoms with Crippen molar-refractivity contribution in [3.8, 4) is 0 Å². The number of nitrogens with zero attached hydrogens (tertiary/aromatic N) is 2. The average molecular weight is 284 g/mol. The van der Waals surface area contributed by atoms with Crippen LogP contribution in [0.15, 0.2) is 0 Å². The molecule has 1 unspecified atom stereocenters. The van der Waals surface area contributed by atoms with Gasteiger partial charge in [-0.25, -0.2) is 4.79 Å². The average Bonchev–Trinajstić information content (AvgIpc) is 2.47. The molecule has 0 aromatic heterocycles. The van der Waals surface area contributed by atoms with Crippen LogP contribution in [-0.2, 0) is 4.79 Å². The van der Waals surface area contributed by atoms with Crippen molar-refractivity contribution in [1.29, 1.82) is 0 Å². The fraction of sp³-hybridized carbons (Fsp3) is 0.857. The molecule has 0 radical (unpaired) electrons. The minimum atomic E-state index is -0.812. The number of aliphatic carboxylic acids is 1. The fourth-order valence-electron chi connectivity index (χ4n) is 3.24. The van der Waals surface area contributed by atoms with Gasteiger partial charge in [0.05, 0.1) is 5.92 Å². The van der Waals surface area contributed by atoms with Crippen LogP contribution >= 0.6 is 0 Å². The Bertz CT molecular complexity index is 359. The molecule has 2 heterocycles. The molecule has 2 fully saturated rings. The van der Waals surface area contributed by atoms with Gasteiger partial charge in [-0.05, 0) is 38.5 Å². The Hall–Kier alpha value is -1.30. The molecule has 6 heteroatoms. The molecule has 2 aliphatic rings. The maximum absolute atomic E-state index is 12.6. The summed E-state index contributed by atoms with van der Waals surface area (Å²) < 4.78 is 0. The maximum Gasteiger partial charge on any atom is 0.320 e. The van der Waals surface area contributed by atoms with E-state index in [1.165, 1.54) is 0 Å². The van der Waals surface area contributed by atoms with Crippen molar-refractivity contribution < 1.29 is 19.8 Å². The zero-order valence-corrected chi connectivity index (χ0v) is 11.8. The van der Waals surface area contributed by atoms with Gasteiger partial charge in [0, 0.05) is 32.3 Å². The van der Waals surface area contributed by atoms with Crippen LogP contribution in [0.1, 0.15) is 38.5 Å². The van der Waals surface area contributed by atoms with Crippen LogP contribution in [0, 0.1) is 5.92 Å². The summed E-state index contributed by atoms with van der Waals surface area (Å²) in [5.74, 6) is -1.25. The van der Waals surface area contributed by atoms with E-state index in [0.29, 0.717) is 25.9 Å². The number of piperidine rings is 2. The largest absolute Gasteiger partial charge is 0.481 e. The van der Waals surface area contributed by atoms with E-state index in [4.69, 9.17) is 10.2 Å². The molecule has 2 N–H and O–H groups in total. The lowest BCUT2D eigenvalue weighted by atomic mass is 9.97. The number of carbonyl (C=O) groups is 2. The lowest BCUT2D eigenvalue weighted by Gasteiger charge is -2.41.